The van der Waals surface area contributed by atoms with Gasteiger partial charge in [-0.1, -0.05) is 29.8 Å². The van der Waals surface area contributed by atoms with Crippen LogP contribution in [-0.4, -0.2) is 34.5 Å². The molecule has 0 fully saturated rings. The van der Waals surface area contributed by atoms with E-state index in [0.29, 0.717) is 30.8 Å². The predicted molar refractivity (Wildman–Crippen MR) is 107 cm³/mol. The van der Waals surface area contributed by atoms with Crippen molar-refractivity contribution in [2.45, 2.75) is 30.3 Å². The molecule has 2 heterocycles. The molecule has 0 saturated heterocycles. The monoisotopic (exact) mass is 420 g/mol. The molecule has 1 N–H and O–H groups in total. The van der Waals surface area contributed by atoms with Gasteiger partial charge < -0.3 is 9.64 Å². The summed E-state index contributed by atoms with van der Waals surface area (Å²) in [5.41, 5.74) is 3.47. The number of hydrogen-bond donors (Lipinski definition) is 1. The molecule has 2 aliphatic heterocycles. The van der Waals surface area contributed by atoms with E-state index < -0.39 is 16.1 Å². The highest BCUT2D eigenvalue weighted by molar-refractivity contribution is 7.89. The third-order valence-electron chi connectivity index (χ3n) is 5.33. The predicted octanol–water partition coefficient (Wildman–Crippen LogP) is 2.84. The topological polar surface area (TPSA) is 75.7 Å². The van der Waals surface area contributed by atoms with E-state index in [9.17, 15) is 13.2 Å². The molecular weight excluding hydrogens is 400 g/mol. The summed E-state index contributed by atoms with van der Waals surface area (Å²) in [7, 11) is -2.20. The van der Waals surface area contributed by atoms with Crippen LogP contribution < -0.4 is 9.62 Å². The number of halogens is 1. The fourth-order valence-corrected chi connectivity index (χ4v) is 5.30. The number of ether oxygens (including phenoxy) is 1. The van der Waals surface area contributed by atoms with Gasteiger partial charge >= 0.3 is 0 Å². The van der Waals surface area contributed by atoms with Gasteiger partial charge in [-0.2, -0.15) is 0 Å². The summed E-state index contributed by atoms with van der Waals surface area (Å²) < 4.78 is 33.9. The zero-order valence-corrected chi connectivity index (χ0v) is 17.0. The maximum Gasteiger partial charge on any atom is 0.240 e. The molecule has 2 aromatic rings. The van der Waals surface area contributed by atoms with Gasteiger partial charge in [0.25, 0.3) is 0 Å². The molecule has 0 aromatic heterocycles. The average molecular weight is 421 g/mol. The van der Waals surface area contributed by atoms with Crippen LogP contribution in [0.4, 0.5) is 5.69 Å². The van der Waals surface area contributed by atoms with E-state index in [2.05, 4.69) is 4.72 Å². The van der Waals surface area contributed by atoms with Crippen molar-refractivity contribution in [3.8, 4) is 0 Å². The van der Waals surface area contributed by atoms with Crippen molar-refractivity contribution in [1.82, 2.24) is 4.72 Å². The van der Waals surface area contributed by atoms with Gasteiger partial charge in [0, 0.05) is 37.2 Å². The van der Waals surface area contributed by atoms with Crippen molar-refractivity contribution in [1.29, 1.82) is 0 Å². The molecule has 1 atom stereocenters. The highest BCUT2D eigenvalue weighted by Gasteiger charge is 2.33. The number of nitrogens with zero attached hydrogens (tertiary/aromatic N) is 1. The first-order valence-electron chi connectivity index (χ1n) is 9.14. The molecule has 28 heavy (non-hydrogen) atoms. The molecule has 1 unspecified atom stereocenters. The van der Waals surface area contributed by atoms with Gasteiger partial charge in [-0.05, 0) is 42.2 Å². The number of nitrogens with one attached hydrogen (secondary N) is 1. The van der Waals surface area contributed by atoms with Gasteiger partial charge in [0.1, 0.15) is 0 Å². The van der Waals surface area contributed by atoms with E-state index in [4.69, 9.17) is 16.3 Å². The second-order valence-corrected chi connectivity index (χ2v) is 9.16. The minimum absolute atomic E-state index is 0.0690. The zero-order chi connectivity index (χ0) is 19.9. The molecule has 2 aromatic carbocycles. The summed E-state index contributed by atoms with van der Waals surface area (Å²) in [5.74, 6) is 0.114. The Labute approximate surface area is 169 Å². The Morgan fingerprint density at radius 1 is 1.18 bits per heavy atom. The van der Waals surface area contributed by atoms with Crippen molar-refractivity contribution in [3.05, 3.63) is 58.1 Å². The third kappa shape index (κ3) is 3.43. The maximum atomic E-state index is 12.9. The Hall–Kier alpha value is -1.93. The Kier molecular flexibility index (Phi) is 5.18. The van der Waals surface area contributed by atoms with Gasteiger partial charge in [-0.25, -0.2) is 13.1 Å². The first-order chi connectivity index (χ1) is 13.4. The van der Waals surface area contributed by atoms with Crippen LogP contribution >= 0.6 is 11.6 Å². The van der Waals surface area contributed by atoms with Crippen molar-refractivity contribution in [3.63, 3.8) is 0 Å². The molecule has 0 bridgehead atoms. The van der Waals surface area contributed by atoms with Crippen LogP contribution in [0.5, 0.6) is 0 Å². The van der Waals surface area contributed by atoms with Crippen LogP contribution in [0, 0.1) is 0 Å². The van der Waals surface area contributed by atoms with Crippen molar-refractivity contribution in [2.24, 2.45) is 0 Å². The summed E-state index contributed by atoms with van der Waals surface area (Å²) in [6.07, 6.45) is 1.17. The minimum Gasteiger partial charge on any atom is -0.375 e. The molecule has 1 amide bonds. The van der Waals surface area contributed by atoms with E-state index >= 15 is 0 Å². The number of carbonyl (C=O) groups is 1. The summed E-state index contributed by atoms with van der Waals surface area (Å²) in [6, 6.07) is 10.6. The van der Waals surface area contributed by atoms with Gasteiger partial charge in [-0.15, -0.1) is 0 Å². The SMILES string of the molecule is COC(CNS(=O)(=O)c1cc2c3c(c1)CCN3C(=O)CC2)c1ccccc1Cl. The molecule has 0 radical (unpaired) electrons. The number of hydrogen-bond acceptors (Lipinski definition) is 4. The number of rotatable bonds is 6. The van der Waals surface area contributed by atoms with E-state index in [1.807, 2.05) is 18.2 Å². The number of sulfonamides is 1. The zero-order valence-electron chi connectivity index (χ0n) is 15.4. The van der Waals surface area contributed by atoms with Crippen LogP contribution in [0.2, 0.25) is 5.02 Å². The normalized spacial score (nSPS) is 16.9. The first kappa shape index (κ1) is 19.4. The lowest BCUT2D eigenvalue weighted by Crippen LogP contribution is -2.33. The first-order valence-corrected chi connectivity index (χ1v) is 11.0. The number of methoxy groups -OCH3 is 1. The fourth-order valence-electron chi connectivity index (χ4n) is 3.91. The number of aryl methyl sites for hydroxylation is 1. The maximum absolute atomic E-state index is 12.9. The van der Waals surface area contributed by atoms with Crippen LogP contribution in [-0.2, 0) is 32.4 Å². The Morgan fingerprint density at radius 3 is 2.61 bits per heavy atom. The number of carbonyl (C=O) groups excluding carboxylic acids is 1. The van der Waals surface area contributed by atoms with Crippen molar-refractivity contribution >= 4 is 33.2 Å². The van der Waals surface area contributed by atoms with Gasteiger partial charge in [0.15, 0.2) is 0 Å². The molecule has 0 saturated carbocycles. The fraction of sp³-hybridized carbons (Fsp3) is 0.350. The Bertz CT molecular complexity index is 1040. The summed E-state index contributed by atoms with van der Waals surface area (Å²) in [6.45, 7) is 0.690. The molecule has 0 aliphatic carbocycles. The minimum atomic E-state index is -3.72. The van der Waals surface area contributed by atoms with Gasteiger partial charge in [-0.3, -0.25) is 4.79 Å². The van der Waals surface area contributed by atoms with Crippen LogP contribution in [0.15, 0.2) is 41.3 Å². The lowest BCUT2D eigenvalue weighted by molar-refractivity contribution is -0.118. The van der Waals surface area contributed by atoms with Crippen molar-refractivity contribution < 1.29 is 17.9 Å². The largest absolute Gasteiger partial charge is 0.375 e. The molecule has 6 nitrogen and oxygen atoms in total. The Balaban J connectivity index is 1.58. The quantitative estimate of drug-likeness (QED) is 0.779. The smallest absolute Gasteiger partial charge is 0.240 e. The number of benzene rings is 2. The second kappa shape index (κ2) is 7.48. The summed E-state index contributed by atoms with van der Waals surface area (Å²) in [5, 5.41) is 0.528. The van der Waals surface area contributed by atoms with E-state index in [0.717, 1.165) is 22.4 Å². The lowest BCUT2D eigenvalue weighted by Gasteiger charge is -2.26. The van der Waals surface area contributed by atoms with Crippen LogP contribution in [0.1, 0.15) is 29.2 Å². The molecule has 0 spiro atoms. The van der Waals surface area contributed by atoms with E-state index in [-0.39, 0.29) is 17.3 Å². The van der Waals surface area contributed by atoms with Gasteiger partial charge in [0.2, 0.25) is 15.9 Å². The van der Waals surface area contributed by atoms with Crippen LogP contribution in [0.25, 0.3) is 0 Å². The molecular formula is C20H21ClN2O4S. The standard InChI is InChI=1S/C20H21ClN2O4S/c1-27-18(16-4-2-3-5-17(16)21)12-22-28(25,26)15-10-13-6-7-19(24)23-9-8-14(11-15)20(13)23/h2-5,10-11,18,22H,6-9,12H2,1H3. The molecule has 2 aliphatic rings. The highest BCUT2D eigenvalue weighted by Crippen LogP contribution is 2.38. The number of anilines is 1. The average Bonchev–Trinajstić information content (AvgIpc) is 3.12. The molecule has 4 rings (SSSR count). The summed E-state index contributed by atoms with van der Waals surface area (Å²) in [4.78, 5) is 14.0. The highest BCUT2D eigenvalue weighted by atomic mass is 35.5. The molecule has 8 heteroatoms. The molecule has 148 valence electrons. The number of amides is 1. The van der Waals surface area contributed by atoms with E-state index in [1.165, 1.54) is 7.11 Å². The third-order valence-corrected chi connectivity index (χ3v) is 7.08. The second-order valence-electron chi connectivity index (χ2n) is 6.98. The lowest BCUT2D eigenvalue weighted by atomic mass is 10.00. The van der Waals surface area contributed by atoms with Gasteiger partial charge in [0.05, 0.1) is 16.7 Å². The summed E-state index contributed by atoms with van der Waals surface area (Å²) >= 11 is 6.21. The van der Waals surface area contributed by atoms with Crippen LogP contribution in [0.3, 0.4) is 0 Å². The van der Waals surface area contributed by atoms with Crippen molar-refractivity contribution in [2.75, 3.05) is 25.1 Å². The van der Waals surface area contributed by atoms with E-state index in [1.54, 1.807) is 23.1 Å². The Morgan fingerprint density at radius 2 is 1.89 bits per heavy atom.